The highest BCUT2D eigenvalue weighted by Crippen LogP contribution is 2.14. The number of amides is 2. The normalized spacial score (nSPS) is 11.3. The Labute approximate surface area is 122 Å². The number of likely N-dealkylation sites (N-methyl/N-ethyl adjacent to an activating group) is 1. The van der Waals surface area contributed by atoms with Gasteiger partial charge in [-0.3, -0.25) is 4.79 Å². The van der Waals surface area contributed by atoms with Gasteiger partial charge in [-0.25, -0.2) is 9.59 Å². The van der Waals surface area contributed by atoms with E-state index < -0.39 is 30.6 Å². The van der Waals surface area contributed by atoms with Gasteiger partial charge in [0.15, 0.2) is 6.04 Å². The lowest BCUT2D eigenvalue weighted by Gasteiger charge is -2.23. The Morgan fingerprint density at radius 1 is 1.29 bits per heavy atom. The Bertz CT molecular complexity index is 503. The first-order valence-electron chi connectivity index (χ1n) is 6.39. The minimum Gasteiger partial charge on any atom is -0.480 e. The van der Waals surface area contributed by atoms with Crippen LogP contribution in [0.25, 0.3) is 0 Å². The van der Waals surface area contributed by atoms with Crippen molar-refractivity contribution < 1.29 is 24.2 Å². The molecule has 114 valence electrons. The number of carboxylic acids is 1. The number of urea groups is 1. The van der Waals surface area contributed by atoms with Crippen molar-refractivity contribution >= 4 is 18.0 Å². The molecule has 1 aromatic carbocycles. The van der Waals surface area contributed by atoms with Gasteiger partial charge in [-0.1, -0.05) is 30.3 Å². The number of methoxy groups -OCH3 is 1. The third-order valence-corrected chi connectivity index (χ3v) is 2.83. The first kappa shape index (κ1) is 16.5. The maximum absolute atomic E-state index is 12.1. The predicted octanol–water partition coefficient (Wildman–Crippen LogP) is 1.02. The first-order valence-corrected chi connectivity index (χ1v) is 6.39. The molecule has 0 aliphatic rings. The summed E-state index contributed by atoms with van der Waals surface area (Å²) in [5.41, 5.74) is 0.559. The summed E-state index contributed by atoms with van der Waals surface area (Å²) < 4.78 is 4.67. The fourth-order valence-corrected chi connectivity index (χ4v) is 1.75. The lowest BCUT2D eigenvalue weighted by Crippen LogP contribution is -2.45. The number of nitrogens with zero attached hydrogens (tertiary/aromatic N) is 1. The maximum Gasteiger partial charge on any atom is 0.333 e. The Balaban J connectivity index is 2.89. The van der Waals surface area contributed by atoms with Crippen LogP contribution in [-0.4, -0.2) is 48.2 Å². The highest BCUT2D eigenvalue weighted by molar-refractivity contribution is 5.86. The SMILES string of the molecule is CCN(CC(=O)O)C(=O)NC(C(=O)OC)c1ccccc1. The van der Waals surface area contributed by atoms with Crippen LogP contribution >= 0.6 is 0 Å². The zero-order valence-corrected chi connectivity index (χ0v) is 11.9. The van der Waals surface area contributed by atoms with Gasteiger partial charge in [0.1, 0.15) is 6.54 Å². The fourth-order valence-electron chi connectivity index (χ4n) is 1.75. The summed E-state index contributed by atoms with van der Waals surface area (Å²) >= 11 is 0. The molecule has 21 heavy (non-hydrogen) atoms. The van der Waals surface area contributed by atoms with Gasteiger partial charge < -0.3 is 20.1 Å². The summed E-state index contributed by atoms with van der Waals surface area (Å²) in [7, 11) is 1.22. The van der Waals surface area contributed by atoms with Crippen LogP contribution in [0, 0.1) is 0 Å². The zero-order chi connectivity index (χ0) is 15.8. The van der Waals surface area contributed by atoms with E-state index in [2.05, 4.69) is 10.1 Å². The number of ether oxygens (including phenoxy) is 1. The van der Waals surface area contributed by atoms with Gasteiger partial charge in [0.2, 0.25) is 0 Å². The third-order valence-electron chi connectivity index (χ3n) is 2.83. The van der Waals surface area contributed by atoms with E-state index in [1.807, 2.05) is 0 Å². The number of carbonyl (C=O) groups is 3. The van der Waals surface area contributed by atoms with Crippen molar-refractivity contribution in [2.75, 3.05) is 20.2 Å². The monoisotopic (exact) mass is 294 g/mol. The van der Waals surface area contributed by atoms with Crippen molar-refractivity contribution in [3.8, 4) is 0 Å². The van der Waals surface area contributed by atoms with Gasteiger partial charge in [-0.15, -0.1) is 0 Å². The molecule has 1 atom stereocenters. The molecule has 0 spiro atoms. The standard InChI is InChI=1S/C14H18N2O5/c1-3-16(9-11(17)18)14(20)15-12(13(19)21-2)10-7-5-4-6-8-10/h4-8,12H,3,9H2,1-2H3,(H,15,20)(H,17,18). The second-order valence-corrected chi connectivity index (χ2v) is 4.22. The van der Waals surface area contributed by atoms with Crippen LogP contribution in [-0.2, 0) is 14.3 Å². The topological polar surface area (TPSA) is 95.9 Å². The number of hydrogen-bond acceptors (Lipinski definition) is 4. The molecule has 7 heteroatoms. The minimum absolute atomic E-state index is 0.209. The molecule has 2 N–H and O–H groups in total. The smallest absolute Gasteiger partial charge is 0.333 e. The molecule has 0 aromatic heterocycles. The van der Waals surface area contributed by atoms with Crippen molar-refractivity contribution in [2.45, 2.75) is 13.0 Å². The van der Waals surface area contributed by atoms with E-state index in [1.165, 1.54) is 7.11 Å². The highest BCUT2D eigenvalue weighted by atomic mass is 16.5. The van der Waals surface area contributed by atoms with E-state index in [9.17, 15) is 14.4 Å². The summed E-state index contributed by atoms with van der Waals surface area (Å²) in [6, 6.07) is 6.97. The number of esters is 1. The van der Waals surface area contributed by atoms with Gasteiger partial charge in [0.05, 0.1) is 7.11 Å². The number of aliphatic carboxylic acids is 1. The Hall–Kier alpha value is -2.57. The number of nitrogens with one attached hydrogen (secondary N) is 1. The molecule has 1 rings (SSSR count). The van der Waals surface area contributed by atoms with Crippen LogP contribution in [0.3, 0.4) is 0 Å². The first-order chi connectivity index (χ1) is 9.99. The number of benzene rings is 1. The third kappa shape index (κ3) is 4.79. The maximum atomic E-state index is 12.1. The van der Waals surface area contributed by atoms with Crippen LogP contribution in [0.1, 0.15) is 18.5 Å². The molecular formula is C14H18N2O5. The second kappa shape index (κ2) is 7.88. The van der Waals surface area contributed by atoms with Gasteiger partial charge in [-0.2, -0.15) is 0 Å². The molecular weight excluding hydrogens is 276 g/mol. The highest BCUT2D eigenvalue weighted by Gasteiger charge is 2.26. The summed E-state index contributed by atoms with van der Waals surface area (Å²) in [4.78, 5) is 35.7. The number of carboxylic acid groups (broad SMARTS) is 1. The molecule has 1 unspecified atom stereocenters. The summed E-state index contributed by atoms with van der Waals surface area (Å²) in [6.45, 7) is 1.42. The Morgan fingerprint density at radius 3 is 2.38 bits per heavy atom. The number of carbonyl (C=O) groups excluding carboxylic acids is 2. The fraction of sp³-hybridized carbons (Fsp3) is 0.357. The molecule has 0 saturated heterocycles. The molecule has 0 radical (unpaired) electrons. The predicted molar refractivity (Wildman–Crippen MR) is 74.6 cm³/mol. The summed E-state index contributed by atoms with van der Waals surface area (Å²) in [6.07, 6.45) is 0. The van der Waals surface area contributed by atoms with Gasteiger partial charge >= 0.3 is 18.0 Å². The van der Waals surface area contributed by atoms with Crippen molar-refractivity contribution in [1.82, 2.24) is 10.2 Å². The molecule has 0 bridgehead atoms. The van der Waals surface area contributed by atoms with E-state index in [4.69, 9.17) is 5.11 Å². The largest absolute Gasteiger partial charge is 0.480 e. The molecule has 0 saturated carbocycles. The van der Waals surface area contributed by atoms with Crippen LogP contribution < -0.4 is 5.32 Å². The van der Waals surface area contributed by atoms with E-state index in [0.717, 1.165) is 4.90 Å². The molecule has 0 fully saturated rings. The average Bonchev–Trinajstić information content (AvgIpc) is 2.49. The van der Waals surface area contributed by atoms with Gasteiger partial charge in [0, 0.05) is 6.54 Å². The Kier molecular flexibility index (Phi) is 6.19. The van der Waals surface area contributed by atoms with Crippen molar-refractivity contribution in [3.05, 3.63) is 35.9 Å². The van der Waals surface area contributed by atoms with Crippen LogP contribution in [0.4, 0.5) is 4.79 Å². The van der Waals surface area contributed by atoms with Crippen molar-refractivity contribution in [3.63, 3.8) is 0 Å². The van der Waals surface area contributed by atoms with Crippen molar-refractivity contribution in [1.29, 1.82) is 0 Å². The van der Waals surface area contributed by atoms with Gasteiger partial charge in [-0.05, 0) is 12.5 Å². The number of rotatable bonds is 6. The zero-order valence-electron chi connectivity index (χ0n) is 11.9. The van der Waals surface area contributed by atoms with Crippen LogP contribution in [0.15, 0.2) is 30.3 Å². The average molecular weight is 294 g/mol. The van der Waals surface area contributed by atoms with E-state index in [1.54, 1.807) is 37.3 Å². The van der Waals surface area contributed by atoms with E-state index >= 15 is 0 Å². The molecule has 0 heterocycles. The van der Waals surface area contributed by atoms with E-state index in [-0.39, 0.29) is 6.54 Å². The molecule has 0 aliphatic carbocycles. The molecule has 2 amide bonds. The van der Waals surface area contributed by atoms with Gasteiger partial charge in [0.25, 0.3) is 0 Å². The van der Waals surface area contributed by atoms with Crippen LogP contribution in [0.2, 0.25) is 0 Å². The van der Waals surface area contributed by atoms with Crippen molar-refractivity contribution in [2.24, 2.45) is 0 Å². The minimum atomic E-state index is -1.12. The van der Waals surface area contributed by atoms with Crippen LogP contribution in [0.5, 0.6) is 0 Å². The Morgan fingerprint density at radius 2 is 1.90 bits per heavy atom. The molecule has 0 aliphatic heterocycles. The summed E-state index contributed by atoms with van der Waals surface area (Å²) in [5.74, 6) is -1.75. The summed E-state index contributed by atoms with van der Waals surface area (Å²) in [5, 5.41) is 11.2. The quantitative estimate of drug-likeness (QED) is 0.764. The lowest BCUT2D eigenvalue weighted by molar-refractivity contribution is -0.143. The molecule has 1 aromatic rings. The van der Waals surface area contributed by atoms with E-state index in [0.29, 0.717) is 5.56 Å². The lowest BCUT2D eigenvalue weighted by atomic mass is 10.1. The second-order valence-electron chi connectivity index (χ2n) is 4.22. The molecule has 7 nitrogen and oxygen atoms in total. The number of hydrogen-bond donors (Lipinski definition) is 2.